The van der Waals surface area contributed by atoms with E-state index in [1.54, 1.807) is 0 Å². The highest BCUT2D eigenvalue weighted by molar-refractivity contribution is 6.31. The first kappa shape index (κ1) is 25.6. The summed E-state index contributed by atoms with van der Waals surface area (Å²) in [5.74, 6) is -5.07. The highest BCUT2D eigenvalue weighted by atomic mass is 35.5. The number of aliphatic hydroxyl groups excluding tert-OH is 1. The Balaban J connectivity index is 2.02. The minimum Gasteiger partial charge on any atom is -0.480 e. The van der Waals surface area contributed by atoms with Gasteiger partial charge in [0.15, 0.2) is 0 Å². The Morgan fingerprint density at radius 1 is 1.26 bits per heavy atom. The smallest absolute Gasteiger partial charge is 0.321 e. The van der Waals surface area contributed by atoms with Crippen LogP contribution in [0.25, 0.3) is 0 Å². The number of hydrogen-bond donors (Lipinski definition) is 3. The van der Waals surface area contributed by atoms with Crippen LogP contribution >= 0.6 is 23.2 Å². The van der Waals surface area contributed by atoms with Crippen LogP contribution in [0.2, 0.25) is 10.0 Å². The minimum atomic E-state index is -1.89. The molecule has 0 bridgehead atoms. The molecule has 35 heavy (non-hydrogen) atoms. The second kappa shape index (κ2) is 10.2. The summed E-state index contributed by atoms with van der Waals surface area (Å²) in [6.07, 6.45) is 6.08. The molecule has 0 amide bonds. The van der Waals surface area contributed by atoms with E-state index in [9.17, 15) is 20.3 Å². The fourth-order valence-electron chi connectivity index (χ4n) is 5.83. The molecule has 1 aliphatic heterocycles. The highest BCUT2D eigenvalue weighted by Crippen LogP contribution is 2.53. The zero-order valence-electron chi connectivity index (χ0n) is 18.6. The number of aliphatic hydroxyl groups is 1. The lowest BCUT2D eigenvalue weighted by molar-refractivity contribution is -0.139. The second-order valence-electron chi connectivity index (χ2n) is 9.08. The quantitative estimate of drug-likeness (QED) is 0.454. The van der Waals surface area contributed by atoms with Crippen LogP contribution in [0.5, 0.6) is 0 Å². The number of nitrogens with one attached hydrogen (secondary N) is 1. The average molecular weight is 521 g/mol. The third-order valence-corrected chi connectivity index (χ3v) is 7.90. The molecule has 1 aliphatic carbocycles. The number of carboxylic acids is 1. The molecular formula is C26H24Cl2F2N2O3. The molecular weight excluding hydrogens is 497 g/mol. The Morgan fingerprint density at radius 2 is 2.03 bits per heavy atom. The van der Waals surface area contributed by atoms with Crippen LogP contribution in [-0.4, -0.2) is 34.9 Å². The standard InChI is InChI=1S/C26H24Cl2F2N2O3/c27-15-9-10-18(20(29)11-15)26(13-31)21(16-7-4-8-19(28)22(16)30)23(25(34)35)32-24(26)17(12-33)14-5-2-1-3-6-14/h1-2,4,7-11,14,17,21,23-24,32-33H,3,5-6,12H2,(H,34,35). The molecule has 2 aromatic rings. The summed E-state index contributed by atoms with van der Waals surface area (Å²) in [6, 6.07) is 7.67. The van der Waals surface area contributed by atoms with Crippen molar-refractivity contribution < 1.29 is 23.8 Å². The van der Waals surface area contributed by atoms with Crippen molar-refractivity contribution in [3.05, 3.63) is 81.4 Å². The fraction of sp³-hybridized carbons (Fsp3) is 0.385. The Hall–Kier alpha value is -2.50. The van der Waals surface area contributed by atoms with E-state index in [1.807, 2.05) is 12.2 Å². The molecule has 2 aliphatic rings. The van der Waals surface area contributed by atoms with E-state index >= 15 is 8.78 Å². The van der Waals surface area contributed by atoms with Gasteiger partial charge in [0.1, 0.15) is 23.1 Å². The average Bonchev–Trinajstić information content (AvgIpc) is 3.18. The number of halogens is 4. The first-order chi connectivity index (χ1) is 16.8. The zero-order valence-corrected chi connectivity index (χ0v) is 20.1. The van der Waals surface area contributed by atoms with Crippen LogP contribution in [0.1, 0.15) is 36.3 Å². The van der Waals surface area contributed by atoms with Gasteiger partial charge >= 0.3 is 5.97 Å². The van der Waals surface area contributed by atoms with Crippen molar-refractivity contribution >= 4 is 29.2 Å². The van der Waals surface area contributed by atoms with Crippen molar-refractivity contribution in [1.29, 1.82) is 5.26 Å². The molecule has 1 fully saturated rings. The lowest BCUT2D eigenvalue weighted by Gasteiger charge is -2.41. The van der Waals surface area contributed by atoms with Gasteiger partial charge in [0.25, 0.3) is 0 Å². The Morgan fingerprint density at radius 3 is 2.63 bits per heavy atom. The lowest BCUT2D eigenvalue weighted by Crippen LogP contribution is -2.51. The first-order valence-corrected chi connectivity index (χ1v) is 12.1. The normalized spacial score (nSPS) is 29.0. The van der Waals surface area contributed by atoms with E-state index in [0.29, 0.717) is 12.8 Å². The molecule has 5 nitrogen and oxygen atoms in total. The highest BCUT2D eigenvalue weighted by Gasteiger charge is 2.63. The molecule has 184 valence electrons. The van der Waals surface area contributed by atoms with Crippen molar-refractivity contribution in [3.63, 3.8) is 0 Å². The monoisotopic (exact) mass is 520 g/mol. The van der Waals surface area contributed by atoms with Crippen molar-refractivity contribution in [1.82, 2.24) is 5.32 Å². The van der Waals surface area contributed by atoms with Crippen molar-refractivity contribution in [2.45, 2.75) is 42.7 Å². The van der Waals surface area contributed by atoms with Crippen molar-refractivity contribution in [2.75, 3.05) is 6.61 Å². The van der Waals surface area contributed by atoms with Crippen LogP contribution in [0.3, 0.4) is 0 Å². The number of nitriles is 1. The lowest BCUT2D eigenvalue weighted by atomic mass is 9.60. The summed E-state index contributed by atoms with van der Waals surface area (Å²) < 4.78 is 30.9. The number of carbonyl (C=O) groups is 1. The van der Waals surface area contributed by atoms with E-state index in [4.69, 9.17) is 23.2 Å². The van der Waals surface area contributed by atoms with Crippen molar-refractivity contribution in [3.8, 4) is 6.07 Å². The van der Waals surface area contributed by atoms with Gasteiger partial charge < -0.3 is 10.2 Å². The van der Waals surface area contributed by atoms with Gasteiger partial charge in [0.05, 0.1) is 11.1 Å². The number of nitrogens with zero attached hydrogens (tertiary/aromatic N) is 1. The molecule has 0 saturated carbocycles. The Bertz CT molecular complexity index is 1200. The number of aliphatic carboxylic acids is 1. The maximum Gasteiger partial charge on any atom is 0.321 e. The number of hydrogen-bond acceptors (Lipinski definition) is 4. The predicted molar refractivity (Wildman–Crippen MR) is 128 cm³/mol. The van der Waals surface area contributed by atoms with E-state index < -0.39 is 46.9 Å². The fourth-order valence-corrected chi connectivity index (χ4v) is 6.17. The van der Waals surface area contributed by atoms with E-state index in [-0.39, 0.29) is 33.7 Å². The maximum absolute atomic E-state index is 15.5. The van der Waals surface area contributed by atoms with Gasteiger partial charge in [-0.3, -0.25) is 10.1 Å². The zero-order chi connectivity index (χ0) is 25.3. The number of carboxylic acid groups (broad SMARTS) is 1. The van der Waals surface area contributed by atoms with Gasteiger partial charge in [-0.05, 0) is 48.9 Å². The molecule has 4 rings (SSSR count). The largest absolute Gasteiger partial charge is 0.480 e. The Kier molecular flexibility index (Phi) is 7.48. The first-order valence-electron chi connectivity index (χ1n) is 11.3. The van der Waals surface area contributed by atoms with E-state index in [1.165, 1.54) is 30.3 Å². The van der Waals surface area contributed by atoms with Gasteiger partial charge in [-0.2, -0.15) is 5.26 Å². The third kappa shape index (κ3) is 4.34. The summed E-state index contributed by atoms with van der Waals surface area (Å²) in [6.45, 7) is -0.369. The van der Waals surface area contributed by atoms with Gasteiger partial charge in [-0.15, -0.1) is 0 Å². The molecule has 0 aromatic heterocycles. The number of benzene rings is 2. The van der Waals surface area contributed by atoms with Crippen LogP contribution in [-0.2, 0) is 10.2 Å². The Labute approximate surface area is 212 Å². The molecule has 6 unspecified atom stereocenters. The molecule has 0 radical (unpaired) electrons. The summed E-state index contributed by atoms with van der Waals surface area (Å²) in [7, 11) is 0. The van der Waals surface area contributed by atoms with E-state index in [0.717, 1.165) is 12.5 Å². The molecule has 0 spiro atoms. The summed E-state index contributed by atoms with van der Waals surface area (Å²) in [5.41, 5.74) is -2.12. The van der Waals surface area contributed by atoms with Gasteiger partial charge in [-0.25, -0.2) is 8.78 Å². The van der Waals surface area contributed by atoms with Crippen LogP contribution in [0.15, 0.2) is 48.6 Å². The van der Waals surface area contributed by atoms with Gasteiger partial charge in [0, 0.05) is 35.1 Å². The SMILES string of the molecule is N#CC1(c2ccc(Cl)cc2F)C(C(CO)C2CC=CCC2)NC(C(=O)O)C1c1cccc(Cl)c1F. The topological polar surface area (TPSA) is 93.4 Å². The van der Waals surface area contributed by atoms with Gasteiger partial charge in [0.2, 0.25) is 0 Å². The second-order valence-corrected chi connectivity index (χ2v) is 9.92. The van der Waals surface area contributed by atoms with Crippen LogP contribution in [0, 0.1) is 34.8 Å². The maximum atomic E-state index is 15.5. The minimum absolute atomic E-state index is 0.0945. The third-order valence-electron chi connectivity index (χ3n) is 7.37. The number of allylic oxidation sites excluding steroid dienone is 2. The molecule has 3 N–H and O–H groups in total. The summed E-state index contributed by atoms with van der Waals surface area (Å²) in [5, 5.41) is 34.2. The van der Waals surface area contributed by atoms with Crippen LogP contribution < -0.4 is 5.32 Å². The molecule has 6 atom stereocenters. The summed E-state index contributed by atoms with van der Waals surface area (Å²) >= 11 is 12.0. The van der Waals surface area contributed by atoms with Gasteiger partial charge in [-0.1, -0.05) is 53.6 Å². The molecule has 1 heterocycles. The molecule has 2 aromatic carbocycles. The van der Waals surface area contributed by atoms with Crippen molar-refractivity contribution in [2.24, 2.45) is 11.8 Å². The summed E-state index contributed by atoms with van der Waals surface area (Å²) in [4.78, 5) is 12.5. The molecule has 1 saturated heterocycles. The van der Waals surface area contributed by atoms with Crippen LogP contribution in [0.4, 0.5) is 8.78 Å². The number of rotatable bonds is 6. The molecule has 9 heteroatoms. The van der Waals surface area contributed by atoms with E-state index in [2.05, 4.69) is 11.4 Å². The predicted octanol–water partition coefficient (Wildman–Crippen LogP) is 5.21.